The maximum absolute atomic E-state index is 12.5. The van der Waals surface area contributed by atoms with Crippen molar-refractivity contribution in [2.24, 2.45) is 0 Å². The standard InChI is InChI=1S/C13H12N4O5/c18-12(16-5-1-2-10(16)13(19)20)11-8-6-7(17(21)22)3-4-9(8)14-15-11/h3-4,6,10H,1-2,5H2,(H,14,15)(H,19,20). The van der Waals surface area contributed by atoms with E-state index in [1.54, 1.807) is 0 Å². The van der Waals surface area contributed by atoms with Crippen LogP contribution in [0.1, 0.15) is 23.3 Å². The number of aromatic amines is 1. The van der Waals surface area contributed by atoms with Gasteiger partial charge in [-0.05, 0) is 18.9 Å². The van der Waals surface area contributed by atoms with Crippen LogP contribution < -0.4 is 0 Å². The Morgan fingerprint density at radius 2 is 2.23 bits per heavy atom. The summed E-state index contributed by atoms with van der Waals surface area (Å²) in [5.41, 5.74) is 0.339. The van der Waals surface area contributed by atoms with Crippen molar-refractivity contribution in [3.8, 4) is 0 Å². The van der Waals surface area contributed by atoms with E-state index in [0.717, 1.165) is 0 Å². The van der Waals surface area contributed by atoms with E-state index in [4.69, 9.17) is 5.11 Å². The summed E-state index contributed by atoms with van der Waals surface area (Å²) in [5, 5.41) is 26.8. The summed E-state index contributed by atoms with van der Waals surface area (Å²) in [4.78, 5) is 35.2. The van der Waals surface area contributed by atoms with E-state index in [-0.39, 0.29) is 11.4 Å². The number of fused-ring (bicyclic) bond motifs is 1. The molecule has 114 valence electrons. The van der Waals surface area contributed by atoms with Gasteiger partial charge in [0.05, 0.1) is 10.4 Å². The summed E-state index contributed by atoms with van der Waals surface area (Å²) >= 11 is 0. The van der Waals surface area contributed by atoms with Gasteiger partial charge in [0.1, 0.15) is 6.04 Å². The van der Waals surface area contributed by atoms with Crippen molar-refractivity contribution in [3.05, 3.63) is 34.0 Å². The number of carboxylic acids is 1. The van der Waals surface area contributed by atoms with Gasteiger partial charge in [-0.3, -0.25) is 20.0 Å². The van der Waals surface area contributed by atoms with E-state index in [9.17, 15) is 19.7 Å². The maximum atomic E-state index is 12.5. The first-order chi connectivity index (χ1) is 10.5. The number of nitro benzene ring substituents is 1. The molecule has 2 heterocycles. The molecule has 2 N–H and O–H groups in total. The molecule has 1 amide bonds. The van der Waals surface area contributed by atoms with Crippen LogP contribution >= 0.6 is 0 Å². The third-order valence-electron chi connectivity index (χ3n) is 3.76. The highest BCUT2D eigenvalue weighted by Crippen LogP contribution is 2.26. The minimum Gasteiger partial charge on any atom is -0.480 e. The number of hydrogen-bond donors (Lipinski definition) is 2. The number of benzene rings is 1. The lowest BCUT2D eigenvalue weighted by Gasteiger charge is -2.20. The molecule has 1 aliphatic rings. The largest absolute Gasteiger partial charge is 0.480 e. The number of H-pyrrole nitrogens is 1. The molecule has 9 heteroatoms. The lowest BCUT2D eigenvalue weighted by atomic mass is 10.1. The Morgan fingerprint density at radius 1 is 1.45 bits per heavy atom. The van der Waals surface area contributed by atoms with Crippen LogP contribution in [0.2, 0.25) is 0 Å². The average molecular weight is 304 g/mol. The first-order valence-corrected chi connectivity index (χ1v) is 6.65. The number of likely N-dealkylation sites (tertiary alicyclic amines) is 1. The number of carbonyl (C=O) groups is 2. The second-order valence-electron chi connectivity index (χ2n) is 5.05. The van der Waals surface area contributed by atoms with Gasteiger partial charge >= 0.3 is 5.97 Å². The van der Waals surface area contributed by atoms with Gasteiger partial charge in [-0.25, -0.2) is 4.79 Å². The zero-order chi connectivity index (χ0) is 15.9. The second kappa shape index (κ2) is 5.10. The van der Waals surface area contributed by atoms with Crippen LogP contribution in [-0.2, 0) is 4.79 Å². The zero-order valence-corrected chi connectivity index (χ0v) is 11.4. The fourth-order valence-corrected chi connectivity index (χ4v) is 2.68. The van der Waals surface area contributed by atoms with Crippen molar-refractivity contribution in [3.63, 3.8) is 0 Å². The summed E-state index contributed by atoms with van der Waals surface area (Å²) in [7, 11) is 0. The van der Waals surface area contributed by atoms with Gasteiger partial charge in [0, 0.05) is 24.1 Å². The Hall–Kier alpha value is -2.97. The molecule has 9 nitrogen and oxygen atoms in total. The first-order valence-electron chi connectivity index (χ1n) is 6.65. The molecule has 1 unspecified atom stereocenters. The minimum absolute atomic E-state index is 0.00634. The number of carbonyl (C=O) groups excluding carboxylic acids is 1. The minimum atomic E-state index is -1.06. The summed E-state index contributed by atoms with van der Waals surface area (Å²) in [6, 6.07) is 3.16. The van der Waals surface area contributed by atoms with Crippen LogP contribution in [0.25, 0.3) is 10.9 Å². The molecular weight excluding hydrogens is 292 g/mol. The van der Waals surface area contributed by atoms with Gasteiger partial charge in [0.15, 0.2) is 5.69 Å². The highest BCUT2D eigenvalue weighted by atomic mass is 16.6. The number of nitrogens with zero attached hydrogens (tertiary/aromatic N) is 3. The quantitative estimate of drug-likeness (QED) is 0.646. The SMILES string of the molecule is O=C(O)C1CCCN1C(=O)c1n[nH]c2ccc([N+](=O)[O-])cc12. The number of hydrogen-bond acceptors (Lipinski definition) is 5. The smallest absolute Gasteiger partial charge is 0.326 e. The molecule has 0 aliphatic carbocycles. The van der Waals surface area contributed by atoms with Gasteiger partial charge < -0.3 is 10.0 Å². The summed E-state index contributed by atoms with van der Waals surface area (Å²) < 4.78 is 0. The molecule has 22 heavy (non-hydrogen) atoms. The summed E-state index contributed by atoms with van der Waals surface area (Å²) in [6.07, 6.45) is 0.995. The zero-order valence-electron chi connectivity index (χ0n) is 11.4. The number of carboxylic acid groups (broad SMARTS) is 1. The lowest BCUT2D eigenvalue weighted by Crippen LogP contribution is -2.40. The monoisotopic (exact) mass is 304 g/mol. The van der Waals surface area contributed by atoms with Crippen LogP contribution in [0.3, 0.4) is 0 Å². The lowest BCUT2D eigenvalue weighted by molar-refractivity contribution is -0.384. The van der Waals surface area contributed by atoms with Gasteiger partial charge in [-0.15, -0.1) is 0 Å². The highest BCUT2D eigenvalue weighted by Gasteiger charge is 2.36. The molecular formula is C13H12N4O5. The number of aliphatic carboxylic acids is 1. The van der Waals surface area contributed by atoms with Gasteiger partial charge in [-0.2, -0.15) is 5.10 Å². The Bertz CT molecular complexity index is 784. The van der Waals surface area contributed by atoms with Gasteiger partial charge in [0.2, 0.25) is 0 Å². The Balaban J connectivity index is 2.02. The van der Waals surface area contributed by atoms with Crippen LogP contribution in [-0.4, -0.2) is 49.6 Å². The van der Waals surface area contributed by atoms with E-state index in [0.29, 0.717) is 30.3 Å². The Kier molecular flexibility index (Phi) is 3.24. The van der Waals surface area contributed by atoms with E-state index < -0.39 is 22.8 Å². The van der Waals surface area contributed by atoms with Crippen LogP contribution in [0.15, 0.2) is 18.2 Å². The molecule has 1 aromatic heterocycles. The molecule has 1 aromatic carbocycles. The number of aromatic nitrogens is 2. The van der Waals surface area contributed by atoms with Crippen molar-refractivity contribution < 1.29 is 19.6 Å². The average Bonchev–Trinajstić information content (AvgIpc) is 3.12. The van der Waals surface area contributed by atoms with E-state index in [2.05, 4.69) is 10.2 Å². The molecule has 1 saturated heterocycles. The number of amides is 1. The third kappa shape index (κ3) is 2.16. The van der Waals surface area contributed by atoms with Crippen molar-refractivity contribution in [1.29, 1.82) is 0 Å². The summed E-state index contributed by atoms with van der Waals surface area (Å²) in [6.45, 7) is 0.332. The molecule has 1 aliphatic heterocycles. The predicted octanol–water partition coefficient (Wildman–Crippen LogP) is 1.16. The molecule has 1 atom stereocenters. The van der Waals surface area contributed by atoms with Crippen LogP contribution in [0, 0.1) is 10.1 Å². The topological polar surface area (TPSA) is 129 Å². The predicted molar refractivity (Wildman–Crippen MR) is 74.4 cm³/mol. The molecule has 0 bridgehead atoms. The Morgan fingerprint density at radius 3 is 2.91 bits per heavy atom. The first kappa shape index (κ1) is 14.0. The fourth-order valence-electron chi connectivity index (χ4n) is 2.68. The summed E-state index contributed by atoms with van der Waals surface area (Å²) in [5.74, 6) is -1.59. The van der Waals surface area contributed by atoms with Crippen molar-refractivity contribution in [2.75, 3.05) is 6.54 Å². The second-order valence-corrected chi connectivity index (χ2v) is 5.05. The van der Waals surface area contributed by atoms with Crippen molar-refractivity contribution >= 4 is 28.5 Å². The van der Waals surface area contributed by atoms with Gasteiger partial charge in [-0.1, -0.05) is 0 Å². The number of nitrogens with one attached hydrogen (secondary N) is 1. The number of non-ortho nitro benzene ring substituents is 1. The maximum Gasteiger partial charge on any atom is 0.326 e. The van der Waals surface area contributed by atoms with Gasteiger partial charge in [0.25, 0.3) is 11.6 Å². The number of nitro groups is 1. The molecule has 1 fully saturated rings. The third-order valence-corrected chi connectivity index (χ3v) is 3.76. The molecule has 0 radical (unpaired) electrons. The molecule has 0 saturated carbocycles. The number of rotatable bonds is 3. The van der Waals surface area contributed by atoms with Crippen molar-refractivity contribution in [2.45, 2.75) is 18.9 Å². The van der Waals surface area contributed by atoms with E-state index >= 15 is 0 Å². The molecule has 3 rings (SSSR count). The van der Waals surface area contributed by atoms with Crippen LogP contribution in [0.5, 0.6) is 0 Å². The van der Waals surface area contributed by atoms with E-state index in [1.165, 1.54) is 23.1 Å². The highest BCUT2D eigenvalue weighted by molar-refractivity contribution is 6.06. The van der Waals surface area contributed by atoms with Crippen molar-refractivity contribution in [1.82, 2.24) is 15.1 Å². The fraction of sp³-hybridized carbons (Fsp3) is 0.308. The molecule has 0 spiro atoms. The molecule has 2 aromatic rings. The van der Waals surface area contributed by atoms with E-state index in [1.807, 2.05) is 0 Å². The Labute approximate surface area is 123 Å². The van der Waals surface area contributed by atoms with Crippen LogP contribution in [0.4, 0.5) is 5.69 Å². The normalized spacial score (nSPS) is 17.8.